The first-order valence-electron chi connectivity index (χ1n) is 9.92. The van der Waals surface area contributed by atoms with Crippen LogP contribution < -0.4 is 16.4 Å². The van der Waals surface area contributed by atoms with E-state index < -0.39 is 6.04 Å². The number of hydrogen-bond donors (Lipinski definition) is 3. The zero-order valence-electron chi connectivity index (χ0n) is 17.8. The number of hydrogen-bond acceptors (Lipinski definition) is 3. The van der Waals surface area contributed by atoms with Crippen LogP contribution in [0.25, 0.3) is 0 Å². The molecule has 0 spiro atoms. The SMILES string of the molecule is CF.CF.NC(CC(=O)NCc1cccc(C(=O)NC2CC2)c1)Cc1ccccc1F. The Morgan fingerprint density at radius 3 is 2.39 bits per heavy atom. The number of carbonyl (C=O) groups is 2. The summed E-state index contributed by atoms with van der Waals surface area (Å²) in [5.41, 5.74) is 7.92. The van der Waals surface area contributed by atoms with Crippen LogP contribution in [0.15, 0.2) is 48.5 Å². The van der Waals surface area contributed by atoms with Crippen LogP contribution in [0.3, 0.4) is 0 Å². The highest BCUT2D eigenvalue weighted by Gasteiger charge is 2.23. The smallest absolute Gasteiger partial charge is 0.251 e. The van der Waals surface area contributed by atoms with E-state index in [9.17, 15) is 22.8 Å². The van der Waals surface area contributed by atoms with Crippen molar-refractivity contribution >= 4 is 11.8 Å². The minimum absolute atomic E-state index is 0.0856. The molecule has 3 rings (SSSR count). The van der Waals surface area contributed by atoms with Crippen LogP contribution in [-0.2, 0) is 17.8 Å². The first-order valence-corrected chi connectivity index (χ1v) is 9.92. The topological polar surface area (TPSA) is 84.2 Å². The summed E-state index contributed by atoms with van der Waals surface area (Å²) in [6.45, 7) is 0.315. The zero-order valence-corrected chi connectivity index (χ0v) is 17.8. The van der Waals surface area contributed by atoms with Crippen molar-refractivity contribution in [2.75, 3.05) is 14.4 Å². The summed E-state index contributed by atoms with van der Waals surface area (Å²) in [5.74, 6) is -0.598. The number of benzene rings is 2. The molecule has 5 nitrogen and oxygen atoms in total. The maximum atomic E-state index is 13.7. The van der Waals surface area contributed by atoms with E-state index in [-0.39, 0.29) is 24.1 Å². The summed E-state index contributed by atoms with van der Waals surface area (Å²) in [6.07, 6.45) is 2.48. The number of carbonyl (C=O) groups excluding carboxylic acids is 2. The van der Waals surface area contributed by atoms with Gasteiger partial charge in [-0.25, -0.2) is 4.39 Å². The van der Waals surface area contributed by atoms with Gasteiger partial charge in [0.05, 0.1) is 14.4 Å². The van der Waals surface area contributed by atoms with Crippen molar-refractivity contribution in [3.8, 4) is 0 Å². The van der Waals surface area contributed by atoms with E-state index in [1.165, 1.54) is 6.07 Å². The zero-order chi connectivity index (χ0) is 23.2. The van der Waals surface area contributed by atoms with Crippen molar-refractivity contribution in [1.82, 2.24) is 10.6 Å². The van der Waals surface area contributed by atoms with Crippen LogP contribution in [-0.4, -0.2) is 38.3 Å². The second-order valence-electron chi connectivity index (χ2n) is 6.98. The van der Waals surface area contributed by atoms with Crippen molar-refractivity contribution in [2.24, 2.45) is 5.73 Å². The Kier molecular flexibility index (Phi) is 12.0. The molecule has 8 heteroatoms. The Bertz CT molecular complexity index is 829. The van der Waals surface area contributed by atoms with Gasteiger partial charge in [0.1, 0.15) is 5.82 Å². The van der Waals surface area contributed by atoms with Gasteiger partial charge in [-0.3, -0.25) is 18.4 Å². The first-order chi connectivity index (χ1) is 15.0. The van der Waals surface area contributed by atoms with Gasteiger partial charge in [0.25, 0.3) is 5.91 Å². The molecule has 31 heavy (non-hydrogen) atoms. The number of amides is 2. The van der Waals surface area contributed by atoms with Crippen LogP contribution in [0.1, 0.15) is 40.7 Å². The van der Waals surface area contributed by atoms with Gasteiger partial charge < -0.3 is 16.4 Å². The number of alkyl halides is 2. The molecule has 2 amide bonds. The molecule has 0 radical (unpaired) electrons. The largest absolute Gasteiger partial charge is 0.352 e. The third-order valence-electron chi connectivity index (χ3n) is 4.48. The molecule has 2 aromatic rings. The fourth-order valence-electron chi connectivity index (χ4n) is 2.85. The average Bonchev–Trinajstić information content (AvgIpc) is 3.61. The predicted octanol–water partition coefficient (Wildman–Crippen LogP) is 3.47. The van der Waals surface area contributed by atoms with E-state index in [0.29, 0.717) is 44.5 Å². The highest BCUT2D eigenvalue weighted by Crippen LogP contribution is 2.19. The maximum Gasteiger partial charge on any atom is 0.251 e. The Hall–Kier alpha value is -2.87. The standard InChI is InChI=1S/C21H24FN3O2.2CH3F/c22-19-7-2-1-5-15(19)11-17(23)12-20(26)24-13-14-4-3-6-16(10-14)21(27)25-18-8-9-18;2*1-2/h1-7,10,17-18H,8-9,11-13,23H2,(H,24,26)(H,25,27);2*1H3. The summed E-state index contributed by atoms with van der Waals surface area (Å²) in [4.78, 5) is 24.2. The minimum Gasteiger partial charge on any atom is -0.352 e. The molecule has 0 saturated heterocycles. The molecule has 1 unspecified atom stereocenters. The first kappa shape index (κ1) is 26.2. The van der Waals surface area contributed by atoms with Crippen molar-refractivity contribution in [2.45, 2.75) is 44.3 Å². The summed E-state index contributed by atoms with van der Waals surface area (Å²) >= 11 is 0. The van der Waals surface area contributed by atoms with Gasteiger partial charge in [0.15, 0.2) is 0 Å². The summed E-state index contributed by atoms with van der Waals surface area (Å²) in [7, 11) is 1.00. The Morgan fingerprint density at radius 2 is 1.74 bits per heavy atom. The van der Waals surface area contributed by atoms with E-state index in [4.69, 9.17) is 5.73 Å². The van der Waals surface area contributed by atoms with Crippen LogP contribution in [0, 0.1) is 5.82 Å². The van der Waals surface area contributed by atoms with Gasteiger partial charge in [0.2, 0.25) is 5.91 Å². The lowest BCUT2D eigenvalue weighted by molar-refractivity contribution is -0.121. The van der Waals surface area contributed by atoms with Gasteiger partial charge in [0, 0.05) is 30.6 Å². The molecule has 0 aromatic heterocycles. The van der Waals surface area contributed by atoms with Crippen LogP contribution in [0.5, 0.6) is 0 Å². The highest BCUT2D eigenvalue weighted by atomic mass is 19.1. The Labute approximate surface area is 181 Å². The average molecular weight is 438 g/mol. The lowest BCUT2D eigenvalue weighted by atomic mass is 10.0. The summed E-state index contributed by atoms with van der Waals surface area (Å²) in [5, 5.41) is 5.75. The van der Waals surface area contributed by atoms with E-state index >= 15 is 0 Å². The van der Waals surface area contributed by atoms with E-state index in [1.807, 2.05) is 6.07 Å². The van der Waals surface area contributed by atoms with Gasteiger partial charge >= 0.3 is 0 Å². The van der Waals surface area contributed by atoms with Crippen LogP contribution in [0.2, 0.25) is 0 Å². The third kappa shape index (κ3) is 9.65. The summed E-state index contributed by atoms with van der Waals surface area (Å²) < 4.78 is 32.7. The normalized spacial score (nSPS) is 13.0. The molecule has 4 N–H and O–H groups in total. The molecule has 0 bridgehead atoms. The quantitative estimate of drug-likeness (QED) is 0.591. The lowest BCUT2D eigenvalue weighted by Gasteiger charge is -2.13. The Morgan fingerprint density at radius 1 is 1.06 bits per heavy atom. The third-order valence-corrected chi connectivity index (χ3v) is 4.48. The Balaban J connectivity index is 0.00000113. The molecule has 2 aromatic carbocycles. The van der Waals surface area contributed by atoms with Crippen molar-refractivity contribution in [1.29, 1.82) is 0 Å². The lowest BCUT2D eigenvalue weighted by Crippen LogP contribution is -2.33. The monoisotopic (exact) mass is 437 g/mol. The number of nitrogens with two attached hydrogens (primary N) is 1. The molecule has 1 aliphatic rings. The second kappa shape index (κ2) is 14.2. The molecule has 1 atom stereocenters. The van der Waals surface area contributed by atoms with Crippen LogP contribution >= 0.6 is 0 Å². The van der Waals surface area contributed by atoms with E-state index in [0.717, 1.165) is 18.4 Å². The predicted molar refractivity (Wildman–Crippen MR) is 116 cm³/mol. The maximum absolute atomic E-state index is 13.7. The van der Waals surface area contributed by atoms with Crippen LogP contribution in [0.4, 0.5) is 13.2 Å². The van der Waals surface area contributed by atoms with Gasteiger partial charge in [-0.15, -0.1) is 0 Å². The fourth-order valence-corrected chi connectivity index (χ4v) is 2.85. The molecule has 170 valence electrons. The molecule has 0 heterocycles. The molecule has 1 aliphatic carbocycles. The van der Waals surface area contributed by atoms with Crippen molar-refractivity contribution in [3.05, 3.63) is 71.0 Å². The molecule has 1 fully saturated rings. The molecule has 1 saturated carbocycles. The fraction of sp³-hybridized carbons (Fsp3) is 0.391. The van der Waals surface area contributed by atoms with Gasteiger partial charge in [-0.05, 0) is 48.6 Å². The molecular formula is C23H30F3N3O2. The van der Waals surface area contributed by atoms with E-state index in [1.54, 1.807) is 36.4 Å². The molecular weight excluding hydrogens is 407 g/mol. The molecule has 0 aliphatic heterocycles. The second-order valence-corrected chi connectivity index (χ2v) is 6.98. The number of rotatable bonds is 8. The summed E-state index contributed by atoms with van der Waals surface area (Å²) in [6, 6.07) is 13.5. The highest BCUT2D eigenvalue weighted by molar-refractivity contribution is 5.94. The van der Waals surface area contributed by atoms with Gasteiger partial charge in [-0.1, -0.05) is 30.3 Å². The number of nitrogens with one attached hydrogen (secondary N) is 2. The van der Waals surface area contributed by atoms with E-state index in [2.05, 4.69) is 10.6 Å². The van der Waals surface area contributed by atoms with Gasteiger partial charge in [-0.2, -0.15) is 0 Å². The van der Waals surface area contributed by atoms with Crippen molar-refractivity contribution < 1.29 is 22.8 Å². The number of halogens is 3. The minimum atomic E-state index is -0.461. The van der Waals surface area contributed by atoms with Crippen molar-refractivity contribution in [3.63, 3.8) is 0 Å².